The Bertz CT molecular complexity index is 794. The van der Waals surface area contributed by atoms with Crippen LogP contribution in [0.5, 0.6) is 0 Å². The highest BCUT2D eigenvalue weighted by Crippen LogP contribution is 2.22. The maximum absolute atomic E-state index is 12.2. The number of carbonyl (C=O) groups is 2. The van der Waals surface area contributed by atoms with Crippen LogP contribution < -0.4 is 10.6 Å². The third kappa shape index (κ3) is 5.48. The summed E-state index contributed by atoms with van der Waals surface area (Å²) in [5.74, 6) is -0.281. The van der Waals surface area contributed by atoms with E-state index >= 15 is 0 Å². The highest BCUT2D eigenvalue weighted by molar-refractivity contribution is 7.99. The average molecular weight is 397 g/mol. The number of hydrogen-bond acceptors (Lipinski definition) is 5. The number of thioether (sulfide) groups is 1. The molecular formula is C17H21ClN4O3S. The summed E-state index contributed by atoms with van der Waals surface area (Å²) in [6.45, 7) is 4.04. The number of anilines is 1. The molecule has 140 valence electrons. The van der Waals surface area contributed by atoms with Gasteiger partial charge >= 0.3 is 0 Å². The van der Waals surface area contributed by atoms with Gasteiger partial charge in [0.05, 0.1) is 24.3 Å². The standard InChI is InChI=1S/C17H21ClN4O3S/c1-3-19-15(24)8-22-13(9-23)7-20-17(22)26-10-16(25)21-12-5-4-11(2)14(18)6-12/h4-7,23H,3,8-10H2,1-2H3,(H,19,24)(H,21,25). The molecule has 1 aromatic heterocycles. The molecular weight excluding hydrogens is 376 g/mol. The zero-order valence-corrected chi connectivity index (χ0v) is 16.2. The second kappa shape index (κ2) is 9.61. The van der Waals surface area contributed by atoms with E-state index in [1.165, 1.54) is 18.0 Å². The second-order valence-corrected chi connectivity index (χ2v) is 6.88. The van der Waals surface area contributed by atoms with Gasteiger partial charge in [-0.15, -0.1) is 0 Å². The van der Waals surface area contributed by atoms with Gasteiger partial charge in [-0.25, -0.2) is 4.98 Å². The predicted octanol–water partition coefficient (Wildman–Crippen LogP) is 2.20. The van der Waals surface area contributed by atoms with E-state index in [0.717, 1.165) is 5.56 Å². The number of amides is 2. The van der Waals surface area contributed by atoms with E-state index in [1.807, 2.05) is 19.9 Å². The first-order chi connectivity index (χ1) is 12.4. The summed E-state index contributed by atoms with van der Waals surface area (Å²) < 4.78 is 1.60. The Balaban J connectivity index is 1.99. The minimum atomic E-state index is -0.235. The monoisotopic (exact) mass is 396 g/mol. The molecule has 0 spiro atoms. The van der Waals surface area contributed by atoms with Crippen LogP contribution in [0.1, 0.15) is 18.2 Å². The average Bonchev–Trinajstić information content (AvgIpc) is 2.98. The summed E-state index contributed by atoms with van der Waals surface area (Å²) in [6, 6.07) is 5.31. The normalized spacial score (nSPS) is 10.6. The quantitative estimate of drug-likeness (QED) is 0.594. The van der Waals surface area contributed by atoms with Crippen LogP contribution in [0.2, 0.25) is 5.02 Å². The molecule has 0 bridgehead atoms. The molecule has 0 atom stereocenters. The Labute approximate surface area is 161 Å². The van der Waals surface area contributed by atoms with Gasteiger partial charge in [-0.05, 0) is 31.5 Å². The number of aliphatic hydroxyl groups excluding tert-OH is 1. The Kier molecular flexibility index (Phi) is 7.50. The number of imidazole rings is 1. The van der Waals surface area contributed by atoms with Crippen LogP contribution >= 0.6 is 23.4 Å². The predicted molar refractivity (Wildman–Crippen MR) is 102 cm³/mol. The van der Waals surface area contributed by atoms with Crippen molar-refractivity contribution in [2.45, 2.75) is 32.2 Å². The van der Waals surface area contributed by atoms with Crippen LogP contribution in [-0.4, -0.2) is 38.8 Å². The number of rotatable bonds is 8. The Morgan fingerprint density at radius 2 is 2.12 bits per heavy atom. The minimum Gasteiger partial charge on any atom is -0.390 e. The fourth-order valence-electron chi connectivity index (χ4n) is 2.20. The van der Waals surface area contributed by atoms with Crippen molar-refractivity contribution in [3.05, 3.63) is 40.7 Å². The van der Waals surface area contributed by atoms with E-state index in [0.29, 0.717) is 28.1 Å². The molecule has 3 N–H and O–H groups in total. The van der Waals surface area contributed by atoms with Crippen molar-refractivity contribution in [1.82, 2.24) is 14.9 Å². The van der Waals surface area contributed by atoms with Gasteiger partial charge < -0.3 is 20.3 Å². The van der Waals surface area contributed by atoms with Crippen LogP contribution in [0, 0.1) is 6.92 Å². The molecule has 0 aliphatic carbocycles. The number of nitrogens with one attached hydrogen (secondary N) is 2. The molecule has 0 unspecified atom stereocenters. The summed E-state index contributed by atoms with van der Waals surface area (Å²) >= 11 is 7.25. The SMILES string of the molecule is CCNC(=O)Cn1c(CO)cnc1SCC(=O)Nc1ccc(C)c(Cl)c1. The first-order valence-electron chi connectivity index (χ1n) is 8.05. The number of benzene rings is 1. The van der Waals surface area contributed by atoms with Crippen molar-refractivity contribution in [3.63, 3.8) is 0 Å². The number of aliphatic hydroxyl groups is 1. The lowest BCUT2D eigenvalue weighted by atomic mass is 10.2. The number of carbonyl (C=O) groups excluding carboxylic acids is 2. The number of halogens is 1. The third-order valence-corrected chi connectivity index (χ3v) is 4.92. The van der Waals surface area contributed by atoms with E-state index in [2.05, 4.69) is 15.6 Å². The third-order valence-electron chi connectivity index (χ3n) is 3.53. The molecule has 2 amide bonds. The van der Waals surface area contributed by atoms with Crippen molar-refractivity contribution in [2.75, 3.05) is 17.6 Å². The van der Waals surface area contributed by atoms with Crippen LogP contribution in [0.15, 0.2) is 29.6 Å². The fraction of sp³-hybridized carbons (Fsp3) is 0.353. The highest BCUT2D eigenvalue weighted by atomic mass is 35.5. The van der Waals surface area contributed by atoms with Crippen LogP contribution in [0.4, 0.5) is 5.69 Å². The lowest BCUT2D eigenvalue weighted by molar-refractivity contribution is -0.121. The molecule has 1 aromatic carbocycles. The zero-order valence-electron chi connectivity index (χ0n) is 14.6. The molecule has 26 heavy (non-hydrogen) atoms. The van der Waals surface area contributed by atoms with E-state index in [9.17, 15) is 14.7 Å². The maximum Gasteiger partial charge on any atom is 0.240 e. The Morgan fingerprint density at radius 3 is 2.77 bits per heavy atom. The Morgan fingerprint density at radius 1 is 1.35 bits per heavy atom. The molecule has 0 aliphatic rings. The first-order valence-corrected chi connectivity index (χ1v) is 9.41. The van der Waals surface area contributed by atoms with E-state index in [-0.39, 0.29) is 30.7 Å². The number of hydrogen-bond donors (Lipinski definition) is 3. The molecule has 2 rings (SSSR count). The maximum atomic E-state index is 12.2. The second-order valence-electron chi connectivity index (χ2n) is 5.53. The summed E-state index contributed by atoms with van der Waals surface area (Å²) in [4.78, 5) is 28.2. The lowest BCUT2D eigenvalue weighted by Crippen LogP contribution is -2.28. The first kappa shape index (κ1) is 20.3. The zero-order chi connectivity index (χ0) is 19.1. The van der Waals surface area contributed by atoms with Gasteiger partial charge in [0.25, 0.3) is 0 Å². The summed E-state index contributed by atoms with van der Waals surface area (Å²) in [7, 11) is 0. The van der Waals surface area contributed by atoms with Gasteiger partial charge in [0, 0.05) is 17.3 Å². The highest BCUT2D eigenvalue weighted by Gasteiger charge is 2.15. The molecule has 0 fully saturated rings. The molecule has 2 aromatic rings. The molecule has 7 nitrogen and oxygen atoms in total. The molecule has 0 saturated carbocycles. The van der Waals surface area contributed by atoms with Crippen molar-refractivity contribution < 1.29 is 14.7 Å². The van der Waals surface area contributed by atoms with Gasteiger partial charge in [-0.2, -0.15) is 0 Å². The van der Waals surface area contributed by atoms with Crippen molar-refractivity contribution in [2.24, 2.45) is 0 Å². The number of nitrogens with zero attached hydrogens (tertiary/aromatic N) is 2. The van der Waals surface area contributed by atoms with Crippen LogP contribution in [0.25, 0.3) is 0 Å². The van der Waals surface area contributed by atoms with Gasteiger partial charge in [-0.3, -0.25) is 9.59 Å². The summed E-state index contributed by atoms with van der Waals surface area (Å²) in [6.07, 6.45) is 1.50. The van der Waals surface area contributed by atoms with Crippen molar-refractivity contribution in [1.29, 1.82) is 0 Å². The number of aromatic nitrogens is 2. The smallest absolute Gasteiger partial charge is 0.240 e. The van der Waals surface area contributed by atoms with Crippen molar-refractivity contribution in [3.8, 4) is 0 Å². The number of aryl methyl sites for hydroxylation is 1. The molecule has 9 heteroatoms. The van der Waals surface area contributed by atoms with Gasteiger partial charge in [0.1, 0.15) is 6.54 Å². The fourth-order valence-corrected chi connectivity index (χ4v) is 3.17. The minimum absolute atomic E-state index is 0.0429. The molecule has 0 aliphatic heterocycles. The van der Waals surface area contributed by atoms with Gasteiger partial charge in [-0.1, -0.05) is 29.4 Å². The Hall–Kier alpha value is -2.03. The van der Waals surface area contributed by atoms with E-state index in [1.54, 1.807) is 16.7 Å². The molecule has 0 radical (unpaired) electrons. The van der Waals surface area contributed by atoms with E-state index < -0.39 is 0 Å². The van der Waals surface area contributed by atoms with Gasteiger partial charge in [0.2, 0.25) is 11.8 Å². The molecule has 0 saturated heterocycles. The van der Waals surface area contributed by atoms with E-state index in [4.69, 9.17) is 11.6 Å². The summed E-state index contributed by atoms with van der Waals surface area (Å²) in [5.41, 5.74) is 2.07. The number of likely N-dealkylation sites (N-methyl/N-ethyl adjacent to an activating group) is 1. The molecule has 1 heterocycles. The lowest BCUT2D eigenvalue weighted by Gasteiger charge is -2.11. The van der Waals surface area contributed by atoms with Crippen LogP contribution in [0.3, 0.4) is 0 Å². The van der Waals surface area contributed by atoms with Crippen molar-refractivity contribution >= 4 is 40.9 Å². The summed E-state index contributed by atoms with van der Waals surface area (Å²) in [5, 5.41) is 16.0. The topological polar surface area (TPSA) is 96.2 Å². The van der Waals surface area contributed by atoms with Gasteiger partial charge in [0.15, 0.2) is 5.16 Å². The largest absolute Gasteiger partial charge is 0.390 e. The van der Waals surface area contributed by atoms with Crippen LogP contribution in [-0.2, 0) is 22.7 Å².